The van der Waals surface area contributed by atoms with E-state index >= 15 is 0 Å². The lowest BCUT2D eigenvalue weighted by Gasteiger charge is -2.27. The van der Waals surface area contributed by atoms with E-state index in [2.05, 4.69) is 27.5 Å². The largest absolute Gasteiger partial charge is 0.456 e. The summed E-state index contributed by atoms with van der Waals surface area (Å²) >= 11 is 4.18. The number of aromatic nitrogens is 1. The predicted molar refractivity (Wildman–Crippen MR) is 167 cm³/mol. The topological polar surface area (TPSA) is 127 Å². The number of fused-ring (bicyclic) bond motifs is 4. The van der Waals surface area contributed by atoms with Crippen molar-refractivity contribution < 1.29 is 23.9 Å². The Labute approximate surface area is 255 Å². The lowest BCUT2D eigenvalue weighted by Crippen LogP contribution is -2.53. The van der Waals surface area contributed by atoms with E-state index in [0.29, 0.717) is 35.1 Å². The molecular formula is C29H42N4O5S3. The zero-order chi connectivity index (χ0) is 29.8. The van der Waals surface area contributed by atoms with Gasteiger partial charge in [-0.15, -0.1) is 23.1 Å². The van der Waals surface area contributed by atoms with Gasteiger partial charge in [0.05, 0.1) is 13.0 Å². The monoisotopic (exact) mass is 622 g/mol. The quantitative estimate of drug-likeness (QED) is 0.200. The van der Waals surface area contributed by atoms with Crippen LogP contribution in [0.3, 0.4) is 0 Å². The molecule has 2 aliphatic rings. The summed E-state index contributed by atoms with van der Waals surface area (Å²) in [4.78, 5) is 60.7. The molecule has 1 unspecified atom stereocenters. The minimum Gasteiger partial charge on any atom is -0.456 e. The number of aliphatic imine (C=N–C) groups is 1. The van der Waals surface area contributed by atoms with Crippen LogP contribution in [0, 0.1) is 5.92 Å². The SMILES string of the molecule is CCCCCCCC(=O)SCCC=C[C@@H]1CC(=O)NCc2nc(cs2)C2=N[C@@](C)(CS2)C(=O)NC(C(C)C)C(=O)O1. The summed E-state index contributed by atoms with van der Waals surface area (Å²) in [7, 11) is 0. The molecule has 0 saturated carbocycles. The lowest BCUT2D eigenvalue weighted by molar-refractivity contribution is -0.153. The van der Waals surface area contributed by atoms with Crippen LogP contribution in [0.15, 0.2) is 22.5 Å². The maximum atomic E-state index is 13.3. The molecule has 2 amide bonds. The molecule has 0 aliphatic carbocycles. The van der Waals surface area contributed by atoms with Crippen molar-refractivity contribution in [2.24, 2.45) is 10.9 Å². The third-order valence-electron chi connectivity index (χ3n) is 6.78. The summed E-state index contributed by atoms with van der Waals surface area (Å²) in [5.41, 5.74) is -0.354. The highest BCUT2D eigenvalue weighted by Crippen LogP contribution is 2.32. The summed E-state index contributed by atoms with van der Waals surface area (Å²) in [6, 6.07) is -0.896. The van der Waals surface area contributed by atoms with Crippen LogP contribution in [0.25, 0.3) is 0 Å². The minimum absolute atomic E-state index is 0.0661. The van der Waals surface area contributed by atoms with Crippen molar-refractivity contribution >= 4 is 62.8 Å². The maximum absolute atomic E-state index is 13.3. The van der Waals surface area contributed by atoms with Crippen LogP contribution in [0.2, 0.25) is 0 Å². The fourth-order valence-electron chi connectivity index (χ4n) is 4.26. The normalized spacial score (nSPS) is 23.8. The van der Waals surface area contributed by atoms with Crippen LogP contribution in [0.5, 0.6) is 0 Å². The number of unbranched alkanes of at least 4 members (excludes halogenated alkanes) is 4. The number of rotatable bonds is 11. The van der Waals surface area contributed by atoms with E-state index in [9.17, 15) is 19.2 Å². The number of esters is 1. The van der Waals surface area contributed by atoms with Crippen molar-refractivity contribution in [2.75, 3.05) is 11.5 Å². The summed E-state index contributed by atoms with van der Waals surface area (Å²) < 4.78 is 5.77. The van der Waals surface area contributed by atoms with E-state index in [-0.39, 0.29) is 35.8 Å². The van der Waals surface area contributed by atoms with Crippen LogP contribution < -0.4 is 10.6 Å². The number of hydrogen-bond acceptors (Lipinski definition) is 10. The Morgan fingerprint density at radius 3 is 2.78 bits per heavy atom. The van der Waals surface area contributed by atoms with Gasteiger partial charge < -0.3 is 15.4 Å². The number of thiazole rings is 1. The molecule has 4 bridgehead atoms. The second-order valence-electron chi connectivity index (χ2n) is 10.9. The Bertz CT molecular complexity index is 1140. The van der Waals surface area contributed by atoms with Gasteiger partial charge in [-0.3, -0.25) is 19.4 Å². The predicted octanol–water partition coefficient (Wildman–Crippen LogP) is 5.03. The van der Waals surface area contributed by atoms with Crippen LogP contribution >= 0.6 is 34.9 Å². The maximum Gasteiger partial charge on any atom is 0.329 e. The highest BCUT2D eigenvalue weighted by molar-refractivity contribution is 8.14. The molecule has 12 heteroatoms. The molecule has 0 aromatic carbocycles. The van der Waals surface area contributed by atoms with Gasteiger partial charge >= 0.3 is 5.97 Å². The molecule has 9 nitrogen and oxygen atoms in total. The number of carbonyl (C=O) groups is 4. The van der Waals surface area contributed by atoms with Crippen molar-refractivity contribution in [3.05, 3.63) is 28.2 Å². The number of nitrogens with one attached hydrogen (secondary N) is 2. The molecule has 2 aliphatic heterocycles. The van der Waals surface area contributed by atoms with Crippen LogP contribution in [0.4, 0.5) is 0 Å². The number of allylic oxidation sites excluding steroid dienone is 1. The first kappa shape index (κ1) is 33.3. The van der Waals surface area contributed by atoms with E-state index in [4.69, 9.17) is 4.74 Å². The molecular weight excluding hydrogens is 581 g/mol. The van der Waals surface area contributed by atoms with Gasteiger partial charge in [-0.05, 0) is 31.8 Å². The smallest absolute Gasteiger partial charge is 0.329 e. The minimum atomic E-state index is -1.04. The van der Waals surface area contributed by atoms with Crippen LogP contribution in [-0.4, -0.2) is 62.1 Å². The van der Waals surface area contributed by atoms with E-state index in [1.54, 1.807) is 13.0 Å². The average molecular weight is 623 g/mol. The number of amides is 2. The number of hydrogen-bond donors (Lipinski definition) is 2. The number of nitrogens with zero attached hydrogens (tertiary/aromatic N) is 2. The molecule has 0 radical (unpaired) electrons. The number of thioether (sulfide) groups is 2. The fourth-order valence-corrected chi connectivity index (χ4v) is 6.96. The Balaban J connectivity index is 1.66. The second kappa shape index (κ2) is 16.5. The first-order chi connectivity index (χ1) is 19.6. The molecule has 3 rings (SSSR count). The molecule has 0 saturated heterocycles. The second-order valence-corrected chi connectivity index (χ2v) is 13.9. The number of cyclic esters (lactones) is 1. The summed E-state index contributed by atoms with van der Waals surface area (Å²) in [6.07, 6.45) is 9.42. The van der Waals surface area contributed by atoms with Gasteiger partial charge in [-0.1, -0.05) is 64.3 Å². The van der Waals surface area contributed by atoms with Crippen molar-refractivity contribution in [1.82, 2.24) is 15.6 Å². The molecule has 41 heavy (non-hydrogen) atoms. The Morgan fingerprint density at radius 1 is 1.24 bits per heavy atom. The molecule has 3 atom stereocenters. The van der Waals surface area contributed by atoms with E-state index < -0.39 is 23.7 Å². The Kier molecular flexibility index (Phi) is 13.4. The zero-order valence-corrected chi connectivity index (χ0v) is 26.9. The van der Waals surface area contributed by atoms with Crippen molar-refractivity contribution in [1.29, 1.82) is 0 Å². The van der Waals surface area contributed by atoms with Crippen molar-refractivity contribution in [3.8, 4) is 0 Å². The first-order valence-corrected chi connectivity index (χ1v) is 17.2. The van der Waals surface area contributed by atoms with Crippen LogP contribution in [0.1, 0.15) is 89.8 Å². The molecule has 1 aromatic heterocycles. The molecule has 1 aromatic rings. The van der Waals surface area contributed by atoms with Gasteiger partial charge in [0.25, 0.3) is 0 Å². The molecule has 0 fully saturated rings. The fraction of sp³-hybridized carbons (Fsp3) is 0.655. The summed E-state index contributed by atoms with van der Waals surface area (Å²) in [6.45, 7) is 7.83. The van der Waals surface area contributed by atoms with Gasteiger partial charge in [0.15, 0.2) is 5.12 Å². The standard InChI is InChI=1S/C29H42N4O5S3/c1-5-6-7-8-9-13-24(35)39-14-11-10-12-20-15-22(34)30-16-23-31-21(17-40-23)26-33-29(4,18-41-26)28(37)32-25(19(2)3)27(36)38-20/h10,12,17,19-20,25H,5-9,11,13-16,18H2,1-4H3,(H,30,34)(H,32,37)/t20-,25?,29+/m1/s1. The van der Waals surface area contributed by atoms with Gasteiger partial charge in [0.1, 0.15) is 33.4 Å². The number of carbonyl (C=O) groups excluding carboxylic acids is 4. The van der Waals surface area contributed by atoms with Gasteiger partial charge in [0, 0.05) is 23.3 Å². The molecule has 2 N–H and O–H groups in total. The summed E-state index contributed by atoms with van der Waals surface area (Å²) in [5, 5.41) is 9.17. The van der Waals surface area contributed by atoms with E-state index in [0.717, 1.165) is 17.8 Å². The van der Waals surface area contributed by atoms with Crippen molar-refractivity contribution in [2.45, 2.75) is 103 Å². The summed E-state index contributed by atoms with van der Waals surface area (Å²) in [5.74, 6) is -0.424. The lowest BCUT2D eigenvalue weighted by atomic mass is 10.0. The van der Waals surface area contributed by atoms with E-state index in [1.165, 1.54) is 54.1 Å². The highest BCUT2D eigenvalue weighted by atomic mass is 32.2. The average Bonchev–Trinajstić information content (AvgIpc) is 3.56. The first-order valence-electron chi connectivity index (χ1n) is 14.4. The van der Waals surface area contributed by atoms with Crippen LogP contribution in [-0.2, 0) is 30.5 Å². The highest BCUT2D eigenvalue weighted by Gasteiger charge is 2.41. The van der Waals surface area contributed by atoms with E-state index in [1.807, 2.05) is 25.3 Å². The zero-order valence-electron chi connectivity index (χ0n) is 24.4. The number of ether oxygens (including phenoxy) is 1. The Hall–Kier alpha value is -2.18. The van der Waals surface area contributed by atoms with Gasteiger partial charge in [-0.2, -0.15) is 0 Å². The molecule has 3 heterocycles. The van der Waals surface area contributed by atoms with Gasteiger partial charge in [0.2, 0.25) is 11.8 Å². The third-order valence-corrected chi connectivity index (χ3v) is 9.87. The Morgan fingerprint density at radius 2 is 2.02 bits per heavy atom. The molecule has 0 spiro atoms. The van der Waals surface area contributed by atoms with Gasteiger partial charge in [-0.25, -0.2) is 9.78 Å². The molecule has 226 valence electrons. The van der Waals surface area contributed by atoms with Crippen molar-refractivity contribution in [3.63, 3.8) is 0 Å². The third kappa shape index (κ3) is 10.6.